The number of hydrogen-bond acceptors (Lipinski definition) is 5. The molecule has 3 heterocycles. The molecule has 0 bridgehead atoms. The summed E-state index contributed by atoms with van der Waals surface area (Å²) < 4.78 is 11.0. The van der Waals surface area contributed by atoms with Crippen LogP contribution in [-0.2, 0) is 4.74 Å². The molecule has 1 amide bonds. The molecule has 0 radical (unpaired) electrons. The second kappa shape index (κ2) is 5.60. The first-order chi connectivity index (χ1) is 11.1. The van der Waals surface area contributed by atoms with E-state index in [9.17, 15) is 4.79 Å². The summed E-state index contributed by atoms with van der Waals surface area (Å²) in [7, 11) is 0. The third-order valence-corrected chi connectivity index (χ3v) is 4.76. The summed E-state index contributed by atoms with van der Waals surface area (Å²) in [4.78, 5) is 17.3. The van der Waals surface area contributed by atoms with Crippen molar-refractivity contribution >= 4 is 17.0 Å². The van der Waals surface area contributed by atoms with Crippen LogP contribution >= 0.6 is 0 Å². The van der Waals surface area contributed by atoms with E-state index in [2.05, 4.69) is 15.5 Å². The summed E-state index contributed by atoms with van der Waals surface area (Å²) in [5.41, 5.74) is 2.70. The molecule has 2 atom stereocenters. The SMILES string of the molecule is Cc1noc2nc(C3CC3)cc(C(=O)N[C@@H](C)[C@@H]3CCCO3)c12. The van der Waals surface area contributed by atoms with Gasteiger partial charge in [0.1, 0.15) is 0 Å². The van der Waals surface area contributed by atoms with E-state index in [0.717, 1.165) is 38.0 Å². The van der Waals surface area contributed by atoms with Crippen molar-refractivity contribution in [2.75, 3.05) is 6.61 Å². The Morgan fingerprint density at radius 2 is 2.22 bits per heavy atom. The average Bonchev–Trinajstić information content (AvgIpc) is 3.11. The first kappa shape index (κ1) is 14.6. The van der Waals surface area contributed by atoms with Crippen LogP contribution in [-0.4, -0.2) is 34.8 Å². The van der Waals surface area contributed by atoms with Gasteiger partial charge in [0.15, 0.2) is 0 Å². The van der Waals surface area contributed by atoms with Gasteiger partial charge < -0.3 is 14.6 Å². The highest BCUT2D eigenvalue weighted by Gasteiger charge is 2.30. The third kappa shape index (κ3) is 2.72. The largest absolute Gasteiger partial charge is 0.376 e. The van der Waals surface area contributed by atoms with Crippen molar-refractivity contribution in [2.24, 2.45) is 0 Å². The summed E-state index contributed by atoms with van der Waals surface area (Å²) in [5.74, 6) is 0.348. The van der Waals surface area contributed by atoms with Crippen molar-refractivity contribution in [1.29, 1.82) is 0 Å². The van der Waals surface area contributed by atoms with Gasteiger partial charge in [0, 0.05) is 18.2 Å². The third-order valence-electron chi connectivity index (χ3n) is 4.76. The van der Waals surface area contributed by atoms with E-state index < -0.39 is 0 Å². The molecule has 1 aliphatic carbocycles. The van der Waals surface area contributed by atoms with Gasteiger partial charge in [0.05, 0.1) is 28.8 Å². The summed E-state index contributed by atoms with van der Waals surface area (Å²) in [6.45, 7) is 4.61. The minimum atomic E-state index is -0.103. The molecule has 1 aliphatic heterocycles. The molecular weight excluding hydrogens is 294 g/mol. The smallest absolute Gasteiger partial charge is 0.259 e. The number of fused-ring (bicyclic) bond motifs is 1. The van der Waals surface area contributed by atoms with Crippen LogP contribution in [0.25, 0.3) is 11.1 Å². The minimum absolute atomic E-state index is 0.0160. The molecule has 0 spiro atoms. The lowest BCUT2D eigenvalue weighted by atomic mass is 10.1. The van der Waals surface area contributed by atoms with Gasteiger partial charge in [0.25, 0.3) is 11.6 Å². The number of ether oxygens (including phenoxy) is 1. The first-order valence-corrected chi connectivity index (χ1v) is 8.33. The number of aromatic nitrogens is 2. The Balaban J connectivity index is 1.65. The Labute approximate surface area is 134 Å². The summed E-state index contributed by atoms with van der Waals surface area (Å²) in [6, 6.07) is 1.89. The van der Waals surface area contributed by atoms with Gasteiger partial charge in [-0.15, -0.1) is 0 Å². The van der Waals surface area contributed by atoms with Crippen LogP contribution in [0.2, 0.25) is 0 Å². The van der Waals surface area contributed by atoms with E-state index in [-0.39, 0.29) is 18.1 Å². The molecule has 0 aromatic carbocycles. The maximum Gasteiger partial charge on any atom is 0.259 e. The lowest BCUT2D eigenvalue weighted by Gasteiger charge is -2.20. The molecule has 0 unspecified atom stereocenters. The van der Waals surface area contributed by atoms with E-state index >= 15 is 0 Å². The molecule has 4 rings (SSSR count). The molecule has 2 aliphatic rings. The first-order valence-electron chi connectivity index (χ1n) is 8.33. The van der Waals surface area contributed by atoms with Gasteiger partial charge >= 0.3 is 0 Å². The van der Waals surface area contributed by atoms with Gasteiger partial charge in [-0.25, -0.2) is 4.98 Å². The number of nitrogens with one attached hydrogen (secondary N) is 1. The quantitative estimate of drug-likeness (QED) is 0.938. The van der Waals surface area contributed by atoms with Crippen molar-refractivity contribution < 1.29 is 14.1 Å². The number of pyridine rings is 1. The molecule has 2 fully saturated rings. The molecular formula is C17H21N3O3. The maximum atomic E-state index is 12.8. The molecule has 23 heavy (non-hydrogen) atoms. The molecule has 122 valence electrons. The fourth-order valence-corrected chi connectivity index (χ4v) is 3.26. The normalized spacial score (nSPS) is 22.4. The number of carbonyl (C=O) groups excluding carboxylic acids is 1. The zero-order chi connectivity index (χ0) is 16.0. The van der Waals surface area contributed by atoms with E-state index in [1.165, 1.54) is 0 Å². The van der Waals surface area contributed by atoms with Gasteiger partial charge in [-0.3, -0.25) is 4.79 Å². The number of aryl methyl sites for hydroxylation is 1. The highest BCUT2D eigenvalue weighted by molar-refractivity contribution is 6.06. The fourth-order valence-electron chi connectivity index (χ4n) is 3.26. The molecule has 6 nitrogen and oxygen atoms in total. The summed E-state index contributed by atoms with van der Waals surface area (Å²) in [6.07, 6.45) is 4.40. The van der Waals surface area contributed by atoms with Gasteiger partial charge in [-0.05, 0) is 45.6 Å². The van der Waals surface area contributed by atoms with Crippen molar-refractivity contribution in [3.8, 4) is 0 Å². The van der Waals surface area contributed by atoms with Crippen LogP contribution in [0.1, 0.15) is 60.3 Å². The Bertz CT molecular complexity index is 745. The fraction of sp³-hybridized carbons (Fsp3) is 0.588. The average molecular weight is 315 g/mol. The topological polar surface area (TPSA) is 77.2 Å². The maximum absolute atomic E-state index is 12.8. The molecule has 1 saturated carbocycles. The standard InChI is InChI=1S/C17H21N3O3/c1-9(14-4-3-7-22-14)18-16(21)12-8-13(11-5-6-11)19-17-15(12)10(2)20-23-17/h8-9,11,14H,3-7H2,1-2H3,(H,18,21)/t9-,14-/m0/s1. The van der Waals surface area contributed by atoms with Crippen molar-refractivity contribution in [1.82, 2.24) is 15.5 Å². The van der Waals surface area contributed by atoms with E-state index in [4.69, 9.17) is 9.26 Å². The van der Waals surface area contributed by atoms with Gasteiger partial charge in [-0.1, -0.05) is 5.16 Å². The molecule has 2 aromatic rings. The number of hydrogen-bond donors (Lipinski definition) is 1. The highest BCUT2D eigenvalue weighted by Crippen LogP contribution is 2.40. The number of rotatable bonds is 4. The lowest BCUT2D eigenvalue weighted by molar-refractivity contribution is 0.0713. The van der Waals surface area contributed by atoms with Crippen molar-refractivity contribution in [2.45, 2.75) is 57.6 Å². The van der Waals surface area contributed by atoms with Crippen molar-refractivity contribution in [3.05, 3.63) is 23.0 Å². The number of carbonyl (C=O) groups is 1. The Hall–Kier alpha value is -1.95. The van der Waals surface area contributed by atoms with Crippen LogP contribution < -0.4 is 5.32 Å². The van der Waals surface area contributed by atoms with Crippen LogP contribution in [0.5, 0.6) is 0 Å². The van der Waals surface area contributed by atoms with Crippen LogP contribution in [0.3, 0.4) is 0 Å². The molecule has 1 saturated heterocycles. The summed E-state index contributed by atoms with van der Waals surface area (Å²) in [5, 5.41) is 7.76. The second-order valence-corrected chi connectivity index (χ2v) is 6.63. The van der Waals surface area contributed by atoms with E-state index in [1.807, 2.05) is 19.9 Å². The van der Waals surface area contributed by atoms with Gasteiger partial charge in [-0.2, -0.15) is 0 Å². The second-order valence-electron chi connectivity index (χ2n) is 6.63. The Morgan fingerprint density at radius 3 is 2.91 bits per heavy atom. The van der Waals surface area contributed by atoms with Gasteiger partial charge in [0.2, 0.25) is 0 Å². The van der Waals surface area contributed by atoms with Crippen LogP contribution in [0, 0.1) is 6.92 Å². The monoisotopic (exact) mass is 315 g/mol. The van der Waals surface area contributed by atoms with Crippen LogP contribution in [0.15, 0.2) is 10.6 Å². The van der Waals surface area contributed by atoms with E-state index in [1.54, 1.807) is 0 Å². The predicted molar refractivity (Wildman–Crippen MR) is 84.4 cm³/mol. The molecule has 2 aromatic heterocycles. The highest BCUT2D eigenvalue weighted by atomic mass is 16.5. The molecule has 6 heteroatoms. The predicted octanol–water partition coefficient (Wildman–Crippen LogP) is 2.71. The number of nitrogens with zero attached hydrogens (tertiary/aromatic N) is 2. The van der Waals surface area contributed by atoms with Crippen molar-refractivity contribution in [3.63, 3.8) is 0 Å². The zero-order valence-corrected chi connectivity index (χ0v) is 13.5. The summed E-state index contributed by atoms with van der Waals surface area (Å²) >= 11 is 0. The lowest BCUT2D eigenvalue weighted by Crippen LogP contribution is -2.41. The zero-order valence-electron chi connectivity index (χ0n) is 13.5. The minimum Gasteiger partial charge on any atom is -0.376 e. The Morgan fingerprint density at radius 1 is 1.39 bits per heavy atom. The van der Waals surface area contributed by atoms with E-state index in [0.29, 0.717) is 28.3 Å². The molecule has 1 N–H and O–H groups in total. The van der Waals surface area contributed by atoms with Crippen LogP contribution in [0.4, 0.5) is 0 Å². The number of amides is 1. The Kier molecular flexibility index (Phi) is 3.56.